The predicted molar refractivity (Wildman–Crippen MR) is 72.7 cm³/mol. The molecule has 0 saturated carbocycles. The minimum absolute atomic E-state index is 0.00931. The Bertz CT molecular complexity index is 754. The Morgan fingerprint density at radius 1 is 1.24 bits per heavy atom. The van der Waals surface area contributed by atoms with E-state index < -0.39 is 10.0 Å². The van der Waals surface area contributed by atoms with Crippen molar-refractivity contribution in [3.63, 3.8) is 0 Å². The number of aromatic nitrogens is 1. The summed E-state index contributed by atoms with van der Waals surface area (Å²) in [6, 6.07) is 4.49. The van der Waals surface area contributed by atoms with Crippen LogP contribution in [0.5, 0.6) is 11.5 Å². The fourth-order valence-corrected chi connectivity index (χ4v) is 2.90. The number of aryl methyl sites for hydroxylation is 1. The summed E-state index contributed by atoms with van der Waals surface area (Å²) < 4.78 is 42.8. The molecule has 7 nitrogen and oxygen atoms in total. The number of rotatable bonds is 4. The zero-order valence-electron chi connectivity index (χ0n) is 11.3. The van der Waals surface area contributed by atoms with Gasteiger partial charge in [0.05, 0.1) is 17.6 Å². The average Bonchev–Trinajstić information content (AvgIpc) is 2.90. The summed E-state index contributed by atoms with van der Waals surface area (Å²) in [5.74, 6) is 1.91. The van der Waals surface area contributed by atoms with Crippen molar-refractivity contribution in [2.75, 3.05) is 13.2 Å². The highest BCUT2D eigenvalue weighted by molar-refractivity contribution is 7.89. The van der Waals surface area contributed by atoms with E-state index in [0.717, 1.165) is 0 Å². The number of hydrogen-bond acceptors (Lipinski definition) is 6. The van der Waals surface area contributed by atoms with Gasteiger partial charge in [0.15, 0.2) is 11.5 Å². The van der Waals surface area contributed by atoms with Gasteiger partial charge < -0.3 is 13.9 Å². The predicted octanol–water partition coefficient (Wildman–Crippen LogP) is 1.23. The molecule has 1 aliphatic rings. The van der Waals surface area contributed by atoms with Crippen LogP contribution >= 0.6 is 0 Å². The molecule has 0 aliphatic carbocycles. The van der Waals surface area contributed by atoms with Crippen molar-refractivity contribution in [3.05, 3.63) is 36.0 Å². The number of fused-ring (bicyclic) bond motifs is 1. The summed E-state index contributed by atoms with van der Waals surface area (Å²) in [5.41, 5.74) is 0. The van der Waals surface area contributed by atoms with E-state index in [-0.39, 0.29) is 11.4 Å². The molecule has 0 unspecified atom stereocenters. The van der Waals surface area contributed by atoms with E-state index >= 15 is 0 Å². The van der Waals surface area contributed by atoms with Crippen LogP contribution in [0.4, 0.5) is 0 Å². The molecule has 1 aromatic carbocycles. The second-order valence-corrected chi connectivity index (χ2v) is 6.26. The third kappa shape index (κ3) is 3.01. The molecule has 1 N–H and O–H groups in total. The van der Waals surface area contributed by atoms with Crippen molar-refractivity contribution < 1.29 is 22.3 Å². The highest BCUT2D eigenvalue weighted by atomic mass is 32.2. The van der Waals surface area contributed by atoms with Crippen LogP contribution in [0.1, 0.15) is 11.7 Å². The largest absolute Gasteiger partial charge is 0.486 e. The summed E-state index contributed by atoms with van der Waals surface area (Å²) in [6.07, 6.45) is 1.54. The van der Waals surface area contributed by atoms with Gasteiger partial charge in [0.2, 0.25) is 15.9 Å². The summed E-state index contributed by atoms with van der Waals surface area (Å²) in [6.45, 7) is 2.59. The Balaban J connectivity index is 1.78. The first-order chi connectivity index (χ1) is 10.0. The summed E-state index contributed by atoms with van der Waals surface area (Å²) in [7, 11) is -3.67. The zero-order chi connectivity index (χ0) is 14.9. The van der Waals surface area contributed by atoms with Crippen LogP contribution in [0.3, 0.4) is 0 Å². The Morgan fingerprint density at radius 3 is 2.71 bits per heavy atom. The number of nitrogens with one attached hydrogen (secondary N) is 1. The molecule has 3 rings (SSSR count). The van der Waals surface area contributed by atoms with Crippen molar-refractivity contribution in [1.29, 1.82) is 0 Å². The van der Waals surface area contributed by atoms with Crippen LogP contribution < -0.4 is 14.2 Å². The number of oxazole rings is 1. The van der Waals surface area contributed by atoms with E-state index in [4.69, 9.17) is 13.9 Å². The maximum atomic E-state index is 12.2. The van der Waals surface area contributed by atoms with Gasteiger partial charge in [-0.1, -0.05) is 0 Å². The molecule has 21 heavy (non-hydrogen) atoms. The lowest BCUT2D eigenvalue weighted by molar-refractivity contribution is 0.171. The van der Waals surface area contributed by atoms with Crippen LogP contribution in [0, 0.1) is 6.92 Å². The first-order valence-electron chi connectivity index (χ1n) is 6.35. The number of ether oxygens (including phenoxy) is 2. The minimum atomic E-state index is -3.67. The van der Waals surface area contributed by atoms with Gasteiger partial charge in [0, 0.05) is 6.07 Å². The molecule has 0 spiro atoms. The van der Waals surface area contributed by atoms with E-state index in [9.17, 15) is 8.42 Å². The molecule has 8 heteroatoms. The number of hydrogen-bond donors (Lipinski definition) is 1. The fourth-order valence-electron chi connectivity index (χ4n) is 1.91. The van der Waals surface area contributed by atoms with Gasteiger partial charge in [-0.25, -0.2) is 18.1 Å². The molecular formula is C13H14N2O5S. The Morgan fingerprint density at radius 2 is 2.00 bits per heavy atom. The lowest BCUT2D eigenvalue weighted by Crippen LogP contribution is -2.24. The van der Waals surface area contributed by atoms with Gasteiger partial charge in [-0.2, -0.15) is 0 Å². The summed E-state index contributed by atoms with van der Waals surface area (Å²) in [5, 5.41) is 0. The highest BCUT2D eigenvalue weighted by Gasteiger charge is 2.19. The molecule has 0 bridgehead atoms. The van der Waals surface area contributed by atoms with E-state index in [2.05, 4.69) is 9.71 Å². The quantitative estimate of drug-likeness (QED) is 0.913. The van der Waals surface area contributed by atoms with Gasteiger partial charge in [0.1, 0.15) is 19.0 Å². The second kappa shape index (κ2) is 5.38. The molecule has 0 radical (unpaired) electrons. The molecule has 1 aromatic heterocycles. The first kappa shape index (κ1) is 13.9. The van der Waals surface area contributed by atoms with E-state index in [0.29, 0.717) is 36.4 Å². The van der Waals surface area contributed by atoms with Gasteiger partial charge in [-0.15, -0.1) is 0 Å². The van der Waals surface area contributed by atoms with Crippen LogP contribution in [0.15, 0.2) is 33.7 Å². The Kier molecular flexibility index (Phi) is 3.56. The third-order valence-electron chi connectivity index (χ3n) is 2.91. The highest BCUT2D eigenvalue weighted by Crippen LogP contribution is 2.32. The molecule has 0 fully saturated rings. The Labute approximate surface area is 121 Å². The van der Waals surface area contributed by atoms with E-state index in [1.807, 2.05) is 0 Å². The lowest BCUT2D eigenvalue weighted by Gasteiger charge is -2.18. The smallest absolute Gasteiger partial charge is 0.241 e. The van der Waals surface area contributed by atoms with E-state index in [1.54, 1.807) is 13.0 Å². The van der Waals surface area contributed by atoms with Crippen molar-refractivity contribution in [3.8, 4) is 11.5 Å². The maximum absolute atomic E-state index is 12.2. The SMILES string of the molecule is Cc1cnc(CNS(=O)(=O)c2ccc3c(c2)OCCO3)o1. The Hall–Kier alpha value is -2.06. The van der Waals surface area contributed by atoms with Gasteiger partial charge >= 0.3 is 0 Å². The average molecular weight is 310 g/mol. The number of sulfonamides is 1. The molecule has 1 aliphatic heterocycles. The van der Waals surface area contributed by atoms with E-state index in [1.165, 1.54) is 18.3 Å². The normalized spacial score (nSPS) is 14.1. The summed E-state index contributed by atoms with van der Waals surface area (Å²) >= 11 is 0. The van der Waals surface area contributed by atoms with Crippen molar-refractivity contribution >= 4 is 10.0 Å². The lowest BCUT2D eigenvalue weighted by atomic mass is 10.3. The van der Waals surface area contributed by atoms with Crippen LogP contribution in [-0.2, 0) is 16.6 Å². The third-order valence-corrected chi connectivity index (χ3v) is 4.31. The molecule has 2 heterocycles. The van der Waals surface area contributed by atoms with Crippen LogP contribution in [-0.4, -0.2) is 26.6 Å². The summed E-state index contributed by atoms with van der Waals surface area (Å²) in [4.78, 5) is 4.05. The molecular weight excluding hydrogens is 296 g/mol. The fraction of sp³-hybridized carbons (Fsp3) is 0.308. The second-order valence-electron chi connectivity index (χ2n) is 4.49. The molecule has 2 aromatic rings. The van der Waals surface area contributed by atoms with Gasteiger partial charge in [-0.05, 0) is 19.1 Å². The number of benzene rings is 1. The molecule has 0 atom stereocenters. The minimum Gasteiger partial charge on any atom is -0.486 e. The van der Waals surface area contributed by atoms with Crippen LogP contribution in [0.2, 0.25) is 0 Å². The molecule has 0 saturated heterocycles. The number of nitrogens with zero attached hydrogens (tertiary/aromatic N) is 1. The molecule has 0 amide bonds. The molecule has 112 valence electrons. The topological polar surface area (TPSA) is 90.7 Å². The zero-order valence-corrected chi connectivity index (χ0v) is 12.1. The van der Waals surface area contributed by atoms with Crippen molar-refractivity contribution in [1.82, 2.24) is 9.71 Å². The standard InChI is InChI=1S/C13H14N2O5S/c1-9-7-14-13(20-9)8-15-21(16,17)10-2-3-11-12(6-10)19-5-4-18-11/h2-3,6-7,15H,4-5,8H2,1H3. The van der Waals surface area contributed by atoms with Gasteiger partial charge in [0.25, 0.3) is 0 Å². The van der Waals surface area contributed by atoms with Crippen LogP contribution in [0.25, 0.3) is 0 Å². The van der Waals surface area contributed by atoms with Crippen molar-refractivity contribution in [2.24, 2.45) is 0 Å². The van der Waals surface area contributed by atoms with Gasteiger partial charge in [-0.3, -0.25) is 0 Å². The first-order valence-corrected chi connectivity index (χ1v) is 7.83. The monoisotopic (exact) mass is 310 g/mol. The maximum Gasteiger partial charge on any atom is 0.241 e. The van der Waals surface area contributed by atoms with Crippen molar-refractivity contribution in [2.45, 2.75) is 18.4 Å².